The number of benzene rings is 1. The number of hydrogen-bond acceptors (Lipinski definition) is 2. The molecule has 1 atom stereocenters. The van der Waals surface area contributed by atoms with Gasteiger partial charge in [-0.05, 0) is 18.4 Å². The molecular weight excluding hydrogens is 226 g/mol. The summed E-state index contributed by atoms with van der Waals surface area (Å²) in [5.41, 5.74) is 4.43. The quantitative estimate of drug-likeness (QED) is 0.696. The van der Waals surface area contributed by atoms with Crippen molar-refractivity contribution in [3.8, 4) is 0 Å². The van der Waals surface area contributed by atoms with Crippen LogP contribution in [0.4, 0.5) is 0 Å². The van der Waals surface area contributed by atoms with Crippen molar-refractivity contribution in [2.24, 2.45) is 5.73 Å². The minimum atomic E-state index is -1.52. The highest BCUT2D eigenvalue weighted by atomic mass is 16.3. The third kappa shape index (κ3) is 3.84. The van der Waals surface area contributed by atoms with Crippen molar-refractivity contribution in [1.82, 2.24) is 0 Å². The molecule has 3 nitrogen and oxygen atoms in total. The van der Waals surface area contributed by atoms with Crippen LogP contribution in [-0.4, -0.2) is 11.0 Å². The molecular formula is C15H23NO2. The zero-order valence-electron chi connectivity index (χ0n) is 11.1. The molecule has 18 heavy (non-hydrogen) atoms. The highest BCUT2D eigenvalue weighted by Gasteiger charge is 2.34. The van der Waals surface area contributed by atoms with E-state index in [9.17, 15) is 9.90 Å². The maximum absolute atomic E-state index is 11.5. The Bertz CT molecular complexity index is 364. The fraction of sp³-hybridized carbons (Fsp3) is 0.533. The molecule has 3 N–H and O–H groups in total. The van der Waals surface area contributed by atoms with Crippen LogP contribution in [0.5, 0.6) is 0 Å². The van der Waals surface area contributed by atoms with Crippen LogP contribution in [-0.2, 0) is 10.4 Å². The number of primary amides is 1. The molecule has 0 unspecified atom stereocenters. The van der Waals surface area contributed by atoms with E-state index in [1.54, 1.807) is 24.3 Å². The zero-order valence-corrected chi connectivity index (χ0v) is 11.1. The molecule has 1 rings (SSSR count). The Balaban J connectivity index is 2.62. The van der Waals surface area contributed by atoms with Gasteiger partial charge in [0.1, 0.15) is 0 Å². The zero-order chi connectivity index (χ0) is 13.4. The van der Waals surface area contributed by atoms with E-state index in [1.165, 1.54) is 12.8 Å². The van der Waals surface area contributed by atoms with Gasteiger partial charge in [-0.25, -0.2) is 0 Å². The molecule has 0 spiro atoms. The summed E-state index contributed by atoms with van der Waals surface area (Å²) in [5.74, 6) is -0.663. The molecule has 1 amide bonds. The van der Waals surface area contributed by atoms with Crippen LogP contribution < -0.4 is 5.73 Å². The first-order chi connectivity index (χ1) is 8.61. The third-order valence-corrected chi connectivity index (χ3v) is 3.30. The highest BCUT2D eigenvalue weighted by Crippen LogP contribution is 2.27. The highest BCUT2D eigenvalue weighted by molar-refractivity contribution is 5.84. The van der Waals surface area contributed by atoms with Crippen LogP contribution in [0.1, 0.15) is 51.0 Å². The van der Waals surface area contributed by atoms with E-state index in [0.717, 1.165) is 19.3 Å². The Morgan fingerprint density at radius 1 is 1.17 bits per heavy atom. The molecule has 3 heteroatoms. The number of hydrogen-bond donors (Lipinski definition) is 2. The second-order valence-corrected chi connectivity index (χ2v) is 4.75. The number of carbonyl (C=O) groups is 1. The van der Waals surface area contributed by atoms with E-state index in [2.05, 4.69) is 6.92 Å². The number of amides is 1. The van der Waals surface area contributed by atoms with Crippen LogP contribution in [0, 0.1) is 0 Å². The van der Waals surface area contributed by atoms with Crippen LogP contribution in [0.2, 0.25) is 0 Å². The fourth-order valence-corrected chi connectivity index (χ4v) is 2.11. The van der Waals surface area contributed by atoms with Crippen molar-refractivity contribution < 1.29 is 9.90 Å². The van der Waals surface area contributed by atoms with Gasteiger partial charge in [0.05, 0.1) is 0 Å². The van der Waals surface area contributed by atoms with Crippen molar-refractivity contribution in [3.63, 3.8) is 0 Å². The van der Waals surface area contributed by atoms with Gasteiger partial charge in [-0.15, -0.1) is 0 Å². The summed E-state index contributed by atoms with van der Waals surface area (Å²) in [6.07, 6.45) is 5.75. The van der Waals surface area contributed by atoms with Crippen LogP contribution >= 0.6 is 0 Å². The maximum atomic E-state index is 11.5. The maximum Gasteiger partial charge on any atom is 0.254 e. The normalized spacial score (nSPS) is 14.1. The second kappa shape index (κ2) is 7.17. The van der Waals surface area contributed by atoms with Crippen molar-refractivity contribution >= 4 is 5.91 Å². The Hall–Kier alpha value is -1.35. The first-order valence-corrected chi connectivity index (χ1v) is 6.69. The van der Waals surface area contributed by atoms with Gasteiger partial charge in [0.25, 0.3) is 5.91 Å². The second-order valence-electron chi connectivity index (χ2n) is 4.75. The predicted molar refractivity (Wildman–Crippen MR) is 72.9 cm³/mol. The number of nitrogens with two attached hydrogens (primary N) is 1. The molecule has 100 valence electrons. The van der Waals surface area contributed by atoms with Gasteiger partial charge in [-0.3, -0.25) is 4.79 Å². The lowest BCUT2D eigenvalue weighted by molar-refractivity contribution is -0.138. The average molecular weight is 249 g/mol. The first kappa shape index (κ1) is 14.7. The summed E-state index contributed by atoms with van der Waals surface area (Å²) in [6.45, 7) is 2.16. The largest absolute Gasteiger partial charge is 0.375 e. The van der Waals surface area contributed by atoms with Crippen molar-refractivity contribution in [3.05, 3.63) is 35.9 Å². The molecule has 0 heterocycles. The smallest absolute Gasteiger partial charge is 0.254 e. The molecule has 1 aromatic carbocycles. The summed E-state index contributed by atoms with van der Waals surface area (Å²) in [7, 11) is 0. The average Bonchev–Trinajstić information content (AvgIpc) is 2.39. The molecule has 1 aromatic rings. The topological polar surface area (TPSA) is 63.3 Å². The van der Waals surface area contributed by atoms with E-state index in [4.69, 9.17) is 5.73 Å². The molecule has 0 fully saturated rings. The van der Waals surface area contributed by atoms with Gasteiger partial charge in [-0.1, -0.05) is 62.9 Å². The van der Waals surface area contributed by atoms with Crippen molar-refractivity contribution in [2.75, 3.05) is 0 Å². The van der Waals surface area contributed by atoms with E-state index in [-0.39, 0.29) is 0 Å². The van der Waals surface area contributed by atoms with Gasteiger partial charge in [0, 0.05) is 0 Å². The van der Waals surface area contributed by atoms with Crippen molar-refractivity contribution in [1.29, 1.82) is 0 Å². The van der Waals surface area contributed by atoms with Crippen LogP contribution in [0.15, 0.2) is 30.3 Å². The molecule has 0 aliphatic heterocycles. The minimum absolute atomic E-state index is 0.399. The summed E-state index contributed by atoms with van der Waals surface area (Å²) in [5, 5.41) is 10.4. The van der Waals surface area contributed by atoms with Gasteiger partial charge in [-0.2, -0.15) is 0 Å². The first-order valence-electron chi connectivity index (χ1n) is 6.69. The minimum Gasteiger partial charge on any atom is -0.375 e. The Kier molecular flexibility index (Phi) is 5.86. The summed E-state index contributed by atoms with van der Waals surface area (Å²) in [6, 6.07) is 8.96. The lowest BCUT2D eigenvalue weighted by Gasteiger charge is -2.25. The summed E-state index contributed by atoms with van der Waals surface area (Å²) >= 11 is 0. The van der Waals surface area contributed by atoms with Crippen LogP contribution in [0.3, 0.4) is 0 Å². The Labute approximate surface area is 109 Å². The van der Waals surface area contributed by atoms with E-state index in [0.29, 0.717) is 12.0 Å². The van der Waals surface area contributed by atoms with Gasteiger partial charge < -0.3 is 10.8 Å². The molecule has 0 aromatic heterocycles. The Morgan fingerprint density at radius 3 is 2.33 bits per heavy atom. The number of aliphatic hydroxyl groups is 1. The summed E-state index contributed by atoms with van der Waals surface area (Å²) < 4.78 is 0. The predicted octanol–water partition coefficient (Wildman–Crippen LogP) is 2.72. The molecule has 0 aliphatic carbocycles. The molecule has 0 radical (unpaired) electrons. The standard InChI is InChI=1S/C15H23NO2/c1-2-3-4-5-9-12-15(18,14(16)17)13-10-7-6-8-11-13/h6-8,10-11,18H,2-5,9,12H2,1H3,(H2,16,17)/t15-/m1/s1. The Morgan fingerprint density at radius 2 is 1.78 bits per heavy atom. The fourth-order valence-electron chi connectivity index (χ4n) is 2.11. The molecule has 0 bridgehead atoms. The van der Waals surface area contributed by atoms with Gasteiger partial charge >= 0.3 is 0 Å². The monoisotopic (exact) mass is 249 g/mol. The SMILES string of the molecule is CCCCCCC[C@](O)(C(N)=O)c1ccccc1. The number of rotatable bonds is 8. The lowest BCUT2D eigenvalue weighted by atomic mass is 9.87. The number of carbonyl (C=O) groups excluding carboxylic acids is 1. The lowest BCUT2D eigenvalue weighted by Crippen LogP contribution is -2.41. The van der Waals surface area contributed by atoms with E-state index in [1.807, 2.05) is 6.07 Å². The van der Waals surface area contributed by atoms with E-state index >= 15 is 0 Å². The van der Waals surface area contributed by atoms with Gasteiger partial charge in [0.15, 0.2) is 5.60 Å². The summed E-state index contributed by atoms with van der Waals surface area (Å²) in [4.78, 5) is 11.5. The molecule has 0 saturated heterocycles. The van der Waals surface area contributed by atoms with Crippen LogP contribution in [0.25, 0.3) is 0 Å². The third-order valence-electron chi connectivity index (χ3n) is 3.30. The molecule has 0 aliphatic rings. The van der Waals surface area contributed by atoms with Gasteiger partial charge in [0.2, 0.25) is 0 Å². The van der Waals surface area contributed by atoms with E-state index < -0.39 is 11.5 Å². The van der Waals surface area contributed by atoms with Crippen molar-refractivity contribution in [2.45, 2.75) is 51.0 Å². The number of unbranched alkanes of at least 4 members (excludes halogenated alkanes) is 4. The molecule has 0 saturated carbocycles.